The van der Waals surface area contributed by atoms with E-state index in [4.69, 9.17) is 9.47 Å². The highest BCUT2D eigenvalue weighted by atomic mass is 16.6. The number of aliphatic carboxylic acids is 1. The van der Waals surface area contributed by atoms with Gasteiger partial charge < -0.3 is 19.1 Å². The number of imidazole rings is 1. The molecule has 3 heterocycles. The predicted octanol–water partition coefficient (Wildman–Crippen LogP) is 1.75. The van der Waals surface area contributed by atoms with Crippen molar-refractivity contribution in [2.24, 2.45) is 0 Å². The third kappa shape index (κ3) is 4.91. The second-order valence-electron chi connectivity index (χ2n) is 8.20. The molecule has 0 aliphatic carbocycles. The lowest BCUT2D eigenvalue weighted by atomic mass is 10.2. The van der Waals surface area contributed by atoms with Gasteiger partial charge in [-0.15, -0.1) is 0 Å². The molecule has 2 N–H and O–H groups in total. The number of hydrazine groups is 1. The summed E-state index contributed by atoms with van der Waals surface area (Å²) in [6.07, 6.45) is 2.19. The molecule has 1 saturated heterocycles. The van der Waals surface area contributed by atoms with Crippen LogP contribution in [0.3, 0.4) is 0 Å². The highest BCUT2D eigenvalue weighted by Crippen LogP contribution is 2.22. The fourth-order valence-electron chi connectivity index (χ4n) is 3.05. The normalized spacial score (nSPS) is 20.2. The molecule has 0 unspecified atom stereocenters. The molecule has 2 atom stereocenters. The first-order chi connectivity index (χ1) is 13.5. The van der Waals surface area contributed by atoms with Crippen molar-refractivity contribution in [1.82, 2.24) is 30.0 Å². The minimum Gasteiger partial charge on any atom is -0.480 e. The van der Waals surface area contributed by atoms with Crippen LogP contribution in [-0.2, 0) is 9.53 Å². The Morgan fingerprint density at radius 3 is 2.66 bits per heavy atom. The molecule has 1 fully saturated rings. The summed E-state index contributed by atoms with van der Waals surface area (Å²) in [5.74, 6) is -1.07. The van der Waals surface area contributed by atoms with Crippen molar-refractivity contribution in [2.75, 3.05) is 6.54 Å². The van der Waals surface area contributed by atoms with E-state index in [0.717, 1.165) is 0 Å². The Bertz CT molecular complexity index is 906. The molecule has 2 aromatic heterocycles. The summed E-state index contributed by atoms with van der Waals surface area (Å²) in [6, 6.07) is -0.648. The summed E-state index contributed by atoms with van der Waals surface area (Å²) in [4.78, 5) is 36.5. The summed E-state index contributed by atoms with van der Waals surface area (Å²) < 4.78 is 12.9. The van der Waals surface area contributed by atoms with Crippen LogP contribution in [-0.4, -0.2) is 66.0 Å². The number of fused-ring (bicyclic) bond motifs is 1. The number of hydrogen-bond acceptors (Lipinski definition) is 8. The van der Waals surface area contributed by atoms with Crippen LogP contribution in [0.5, 0.6) is 6.01 Å². The SMILES string of the molecule is CC(C)n1cnc2cnc(O[C@@H]3C[C@@H](C(=O)O)N(NC(=O)OC(C)(C)C)C3)nc21. The molecule has 0 aromatic carbocycles. The summed E-state index contributed by atoms with van der Waals surface area (Å²) in [5.41, 5.74) is 3.08. The molecule has 3 rings (SSSR count). The second kappa shape index (κ2) is 7.82. The standard InChI is InChI=1S/C18H26N6O5/c1-10(2)23-9-20-12-7-19-16(21-14(12)23)28-11-6-13(15(25)26)24(8-11)22-17(27)29-18(3,4)5/h7,9-11,13H,6,8H2,1-5H3,(H,22,27)(H,25,26)/t11-,13+/m1/s1. The number of carboxylic acid groups (broad SMARTS) is 1. The van der Waals surface area contributed by atoms with Crippen molar-refractivity contribution < 1.29 is 24.2 Å². The zero-order valence-electron chi connectivity index (χ0n) is 17.1. The maximum atomic E-state index is 12.0. The molecular weight excluding hydrogens is 380 g/mol. The number of carbonyl (C=O) groups is 2. The predicted molar refractivity (Wildman–Crippen MR) is 102 cm³/mol. The van der Waals surface area contributed by atoms with Gasteiger partial charge in [-0.2, -0.15) is 4.98 Å². The van der Waals surface area contributed by atoms with Crippen LogP contribution in [0.15, 0.2) is 12.5 Å². The fraction of sp³-hybridized carbons (Fsp3) is 0.611. The Kier molecular flexibility index (Phi) is 5.60. The lowest BCUT2D eigenvalue weighted by Crippen LogP contribution is -2.50. The van der Waals surface area contributed by atoms with E-state index in [1.54, 1.807) is 33.3 Å². The zero-order valence-corrected chi connectivity index (χ0v) is 17.1. The topological polar surface area (TPSA) is 132 Å². The van der Waals surface area contributed by atoms with Gasteiger partial charge >= 0.3 is 18.1 Å². The quantitative estimate of drug-likeness (QED) is 0.762. The minimum atomic E-state index is -1.07. The smallest absolute Gasteiger partial charge is 0.422 e. The number of ether oxygens (including phenoxy) is 2. The van der Waals surface area contributed by atoms with Crippen LogP contribution >= 0.6 is 0 Å². The van der Waals surface area contributed by atoms with Crippen LogP contribution in [0, 0.1) is 0 Å². The molecule has 11 heteroatoms. The van der Waals surface area contributed by atoms with Gasteiger partial charge in [0.15, 0.2) is 5.65 Å². The van der Waals surface area contributed by atoms with E-state index < -0.39 is 29.8 Å². The summed E-state index contributed by atoms with van der Waals surface area (Å²) in [6.45, 7) is 9.36. The largest absolute Gasteiger partial charge is 0.480 e. The Hall–Kier alpha value is -2.95. The van der Waals surface area contributed by atoms with Crippen molar-refractivity contribution in [3.05, 3.63) is 12.5 Å². The summed E-state index contributed by atoms with van der Waals surface area (Å²) in [5, 5.41) is 10.8. The average Bonchev–Trinajstić information content (AvgIpc) is 3.16. The molecule has 2 aromatic rings. The third-order valence-electron chi connectivity index (χ3n) is 4.30. The first kappa shape index (κ1) is 20.8. The summed E-state index contributed by atoms with van der Waals surface area (Å²) >= 11 is 0. The lowest BCUT2D eigenvalue weighted by molar-refractivity contribution is -0.143. The Labute approximate surface area is 168 Å². The number of nitrogens with one attached hydrogen (secondary N) is 1. The summed E-state index contributed by atoms with van der Waals surface area (Å²) in [7, 11) is 0. The Balaban J connectivity index is 1.71. The van der Waals surface area contributed by atoms with Gasteiger partial charge in [0.1, 0.15) is 23.3 Å². The van der Waals surface area contributed by atoms with Crippen molar-refractivity contribution in [2.45, 2.75) is 64.8 Å². The maximum absolute atomic E-state index is 12.0. The molecule has 1 aliphatic rings. The number of nitrogens with zero attached hydrogens (tertiary/aromatic N) is 5. The molecular formula is C18H26N6O5. The molecule has 11 nitrogen and oxygen atoms in total. The first-order valence-electron chi connectivity index (χ1n) is 9.39. The van der Waals surface area contributed by atoms with E-state index >= 15 is 0 Å². The van der Waals surface area contributed by atoms with Crippen LogP contribution in [0.4, 0.5) is 4.79 Å². The van der Waals surface area contributed by atoms with Crippen molar-refractivity contribution in [1.29, 1.82) is 0 Å². The van der Waals surface area contributed by atoms with Crippen molar-refractivity contribution in [3.63, 3.8) is 0 Å². The monoisotopic (exact) mass is 406 g/mol. The van der Waals surface area contributed by atoms with E-state index in [1.807, 2.05) is 18.4 Å². The number of carbonyl (C=O) groups excluding carboxylic acids is 1. The molecule has 0 bridgehead atoms. The van der Waals surface area contributed by atoms with Gasteiger partial charge in [0, 0.05) is 12.5 Å². The molecule has 29 heavy (non-hydrogen) atoms. The van der Waals surface area contributed by atoms with Gasteiger partial charge in [0.25, 0.3) is 0 Å². The molecule has 158 valence electrons. The fourth-order valence-corrected chi connectivity index (χ4v) is 3.05. The number of aromatic nitrogens is 4. The molecule has 0 radical (unpaired) electrons. The van der Waals surface area contributed by atoms with Crippen molar-refractivity contribution in [3.8, 4) is 6.01 Å². The molecule has 0 spiro atoms. The minimum absolute atomic E-state index is 0.133. The Morgan fingerprint density at radius 1 is 1.31 bits per heavy atom. The zero-order chi connectivity index (χ0) is 21.3. The van der Waals surface area contributed by atoms with E-state index in [9.17, 15) is 14.7 Å². The van der Waals surface area contributed by atoms with Gasteiger partial charge in [0.2, 0.25) is 0 Å². The van der Waals surface area contributed by atoms with Crippen molar-refractivity contribution >= 4 is 23.2 Å². The maximum Gasteiger partial charge on any atom is 0.422 e. The van der Waals surface area contributed by atoms with Crippen LogP contribution in [0.2, 0.25) is 0 Å². The molecule has 1 aliphatic heterocycles. The molecule has 0 saturated carbocycles. The lowest BCUT2D eigenvalue weighted by Gasteiger charge is -2.25. The average molecular weight is 406 g/mol. The van der Waals surface area contributed by atoms with Crippen LogP contribution in [0.1, 0.15) is 47.1 Å². The number of hydrogen-bond donors (Lipinski definition) is 2. The van der Waals surface area contributed by atoms with E-state index in [-0.39, 0.29) is 25.0 Å². The van der Waals surface area contributed by atoms with Gasteiger partial charge in [-0.25, -0.2) is 19.8 Å². The number of amides is 1. The van der Waals surface area contributed by atoms with Crippen LogP contribution < -0.4 is 10.2 Å². The van der Waals surface area contributed by atoms with Crippen LogP contribution in [0.25, 0.3) is 11.2 Å². The highest BCUT2D eigenvalue weighted by molar-refractivity contribution is 5.75. The number of carboxylic acids is 1. The first-order valence-corrected chi connectivity index (χ1v) is 9.39. The van der Waals surface area contributed by atoms with Gasteiger partial charge in [-0.3, -0.25) is 10.2 Å². The van der Waals surface area contributed by atoms with E-state index in [1.165, 1.54) is 5.01 Å². The Morgan fingerprint density at radius 2 is 2.03 bits per heavy atom. The molecule has 1 amide bonds. The van der Waals surface area contributed by atoms with E-state index in [2.05, 4.69) is 20.4 Å². The number of rotatable bonds is 5. The van der Waals surface area contributed by atoms with Gasteiger partial charge in [-0.05, 0) is 34.6 Å². The van der Waals surface area contributed by atoms with Gasteiger partial charge in [-0.1, -0.05) is 0 Å². The van der Waals surface area contributed by atoms with Gasteiger partial charge in [0.05, 0.1) is 19.1 Å². The third-order valence-corrected chi connectivity index (χ3v) is 4.30. The van der Waals surface area contributed by atoms with E-state index in [0.29, 0.717) is 11.2 Å². The second-order valence-corrected chi connectivity index (χ2v) is 8.20. The highest BCUT2D eigenvalue weighted by Gasteiger charge is 2.40.